The van der Waals surface area contributed by atoms with E-state index in [9.17, 15) is 13.2 Å². The van der Waals surface area contributed by atoms with Crippen LogP contribution in [0.15, 0.2) is 83.6 Å². The molecule has 8 heteroatoms. The number of nitrogens with one attached hydrogen (secondary N) is 1. The van der Waals surface area contributed by atoms with Crippen molar-refractivity contribution in [3.05, 3.63) is 89.2 Å². The number of halogens is 1. The van der Waals surface area contributed by atoms with Crippen molar-refractivity contribution in [2.75, 3.05) is 11.1 Å². The summed E-state index contributed by atoms with van der Waals surface area (Å²) in [5.41, 5.74) is 3.93. The number of carbonyl (C=O) groups excluding carboxylic acids is 1. The van der Waals surface area contributed by atoms with Crippen LogP contribution in [0.4, 0.5) is 5.69 Å². The molecule has 0 spiro atoms. The maximum atomic E-state index is 12.4. The quantitative estimate of drug-likeness (QED) is 0.442. The summed E-state index contributed by atoms with van der Waals surface area (Å²) in [6.45, 7) is 0. The summed E-state index contributed by atoms with van der Waals surface area (Å²) in [4.78, 5) is 16.6. The smallest absolute Gasteiger partial charge is 0.239 e. The molecule has 0 aliphatic rings. The minimum atomic E-state index is -3.58. The summed E-state index contributed by atoms with van der Waals surface area (Å²) in [6, 6.07) is 22.0. The SMILES string of the molecule is O=C(CS(=O)(=O)Cc1cccc(Br)c1)Nc1ccc(-n2cnc3ccccc32)cc1. The molecule has 6 nitrogen and oxygen atoms in total. The Hall–Kier alpha value is -2.97. The Labute approximate surface area is 182 Å². The van der Waals surface area contributed by atoms with Gasteiger partial charge in [-0.25, -0.2) is 13.4 Å². The molecule has 152 valence electrons. The third kappa shape index (κ3) is 4.77. The molecule has 0 atom stereocenters. The second kappa shape index (κ2) is 8.41. The van der Waals surface area contributed by atoms with Crippen molar-refractivity contribution in [2.45, 2.75) is 5.75 Å². The van der Waals surface area contributed by atoms with Crippen molar-refractivity contribution < 1.29 is 13.2 Å². The molecule has 3 aromatic carbocycles. The molecular weight excluding hydrogens is 466 g/mol. The summed E-state index contributed by atoms with van der Waals surface area (Å²) in [6.07, 6.45) is 1.74. The molecule has 4 rings (SSSR count). The van der Waals surface area contributed by atoms with Crippen LogP contribution in [-0.4, -0.2) is 29.6 Å². The Morgan fingerprint density at radius 2 is 1.77 bits per heavy atom. The molecule has 30 heavy (non-hydrogen) atoms. The van der Waals surface area contributed by atoms with E-state index < -0.39 is 21.5 Å². The number of fused-ring (bicyclic) bond motifs is 1. The lowest BCUT2D eigenvalue weighted by molar-refractivity contribution is -0.113. The van der Waals surface area contributed by atoms with Gasteiger partial charge in [0.15, 0.2) is 9.84 Å². The number of nitrogens with zero attached hydrogens (tertiary/aromatic N) is 2. The number of benzene rings is 3. The van der Waals surface area contributed by atoms with Crippen molar-refractivity contribution in [1.29, 1.82) is 0 Å². The minimum Gasteiger partial charge on any atom is -0.325 e. The Morgan fingerprint density at radius 1 is 1.00 bits per heavy atom. The van der Waals surface area contributed by atoms with Crippen LogP contribution in [0.1, 0.15) is 5.56 Å². The molecule has 1 aromatic heterocycles. The first-order valence-corrected chi connectivity index (χ1v) is 11.8. The van der Waals surface area contributed by atoms with E-state index in [0.717, 1.165) is 21.2 Å². The van der Waals surface area contributed by atoms with Gasteiger partial charge in [0.1, 0.15) is 12.1 Å². The standard InChI is InChI=1S/C22H18BrN3O3S/c23-17-5-3-4-16(12-17)13-30(28,29)14-22(27)25-18-8-10-19(11-9-18)26-15-24-20-6-1-2-7-21(20)26/h1-12,15H,13-14H2,(H,25,27). The first-order chi connectivity index (χ1) is 14.4. The van der Waals surface area contributed by atoms with Crippen molar-refractivity contribution in [1.82, 2.24) is 9.55 Å². The molecule has 1 N–H and O–H groups in total. The second-order valence-electron chi connectivity index (χ2n) is 6.86. The third-order valence-electron chi connectivity index (χ3n) is 4.51. The Kier molecular flexibility index (Phi) is 5.69. The van der Waals surface area contributed by atoms with Crippen LogP contribution < -0.4 is 5.32 Å². The van der Waals surface area contributed by atoms with Crippen LogP contribution in [0.5, 0.6) is 0 Å². The highest BCUT2D eigenvalue weighted by Gasteiger charge is 2.18. The van der Waals surface area contributed by atoms with Gasteiger partial charge in [0.25, 0.3) is 0 Å². The van der Waals surface area contributed by atoms with Gasteiger partial charge in [0.2, 0.25) is 5.91 Å². The fraction of sp³-hybridized carbons (Fsp3) is 0.0909. The average Bonchev–Trinajstić information content (AvgIpc) is 3.12. The van der Waals surface area contributed by atoms with Gasteiger partial charge in [0.05, 0.1) is 16.8 Å². The van der Waals surface area contributed by atoms with Gasteiger partial charge in [-0.2, -0.15) is 0 Å². The summed E-state index contributed by atoms with van der Waals surface area (Å²) < 4.78 is 27.5. The molecule has 0 radical (unpaired) electrons. The molecule has 0 fully saturated rings. The normalized spacial score (nSPS) is 11.5. The zero-order chi connectivity index (χ0) is 21.1. The fourth-order valence-electron chi connectivity index (χ4n) is 3.20. The van der Waals surface area contributed by atoms with E-state index in [4.69, 9.17) is 0 Å². The number of anilines is 1. The lowest BCUT2D eigenvalue weighted by atomic mass is 10.2. The van der Waals surface area contributed by atoms with Crippen LogP contribution in [0.2, 0.25) is 0 Å². The molecule has 0 saturated carbocycles. The summed E-state index contributed by atoms with van der Waals surface area (Å²) in [5, 5.41) is 2.65. The summed E-state index contributed by atoms with van der Waals surface area (Å²) in [5.74, 6) is -1.33. The maximum Gasteiger partial charge on any atom is 0.239 e. The van der Waals surface area contributed by atoms with E-state index in [-0.39, 0.29) is 5.75 Å². The van der Waals surface area contributed by atoms with Crippen molar-refractivity contribution >= 4 is 48.4 Å². The maximum absolute atomic E-state index is 12.4. The largest absolute Gasteiger partial charge is 0.325 e. The Bertz CT molecular complexity index is 1310. The highest BCUT2D eigenvalue weighted by molar-refractivity contribution is 9.10. The summed E-state index contributed by atoms with van der Waals surface area (Å²) in [7, 11) is -3.58. The molecule has 4 aromatic rings. The van der Waals surface area contributed by atoms with E-state index >= 15 is 0 Å². The van der Waals surface area contributed by atoms with E-state index in [1.807, 2.05) is 47.0 Å². The molecule has 1 heterocycles. The van der Waals surface area contributed by atoms with E-state index in [2.05, 4.69) is 26.2 Å². The first-order valence-electron chi connectivity index (χ1n) is 9.17. The minimum absolute atomic E-state index is 0.188. The topological polar surface area (TPSA) is 81.1 Å². The molecule has 0 saturated heterocycles. The van der Waals surface area contributed by atoms with Crippen molar-refractivity contribution in [3.8, 4) is 5.69 Å². The fourth-order valence-corrected chi connectivity index (χ4v) is 4.91. The molecule has 0 bridgehead atoms. The number of rotatable bonds is 6. The van der Waals surface area contributed by atoms with Gasteiger partial charge in [0, 0.05) is 15.8 Å². The average molecular weight is 484 g/mol. The zero-order valence-corrected chi connectivity index (χ0v) is 18.2. The van der Waals surface area contributed by atoms with E-state index in [0.29, 0.717) is 11.3 Å². The number of hydrogen-bond donors (Lipinski definition) is 1. The molecule has 1 amide bonds. The van der Waals surface area contributed by atoms with Gasteiger partial charge in [-0.3, -0.25) is 9.36 Å². The van der Waals surface area contributed by atoms with Gasteiger partial charge < -0.3 is 5.32 Å². The van der Waals surface area contributed by atoms with Crippen molar-refractivity contribution in [3.63, 3.8) is 0 Å². The van der Waals surface area contributed by atoms with Crippen LogP contribution in [-0.2, 0) is 20.4 Å². The second-order valence-corrected chi connectivity index (χ2v) is 9.84. The van der Waals surface area contributed by atoms with Crippen LogP contribution in [0.3, 0.4) is 0 Å². The lowest BCUT2D eigenvalue weighted by Crippen LogP contribution is -2.24. The highest BCUT2D eigenvalue weighted by atomic mass is 79.9. The van der Waals surface area contributed by atoms with Gasteiger partial charge in [-0.05, 0) is 54.1 Å². The first kappa shape index (κ1) is 20.3. The number of amides is 1. The number of hydrogen-bond acceptors (Lipinski definition) is 4. The monoisotopic (exact) mass is 483 g/mol. The predicted molar refractivity (Wildman–Crippen MR) is 121 cm³/mol. The van der Waals surface area contributed by atoms with Crippen molar-refractivity contribution in [2.24, 2.45) is 0 Å². The number of carbonyl (C=O) groups is 1. The summed E-state index contributed by atoms with van der Waals surface area (Å²) >= 11 is 3.32. The molecule has 0 aliphatic heterocycles. The van der Waals surface area contributed by atoms with Crippen LogP contribution >= 0.6 is 15.9 Å². The Morgan fingerprint density at radius 3 is 2.53 bits per heavy atom. The molecule has 0 aliphatic carbocycles. The molecule has 0 unspecified atom stereocenters. The van der Waals surface area contributed by atoms with Crippen LogP contribution in [0.25, 0.3) is 16.7 Å². The Balaban J connectivity index is 1.42. The predicted octanol–water partition coefficient (Wildman–Crippen LogP) is 4.34. The van der Waals surface area contributed by atoms with Gasteiger partial charge >= 0.3 is 0 Å². The highest BCUT2D eigenvalue weighted by Crippen LogP contribution is 2.20. The van der Waals surface area contributed by atoms with E-state index in [1.54, 1.807) is 36.7 Å². The number of imidazole rings is 1. The number of sulfone groups is 1. The lowest BCUT2D eigenvalue weighted by Gasteiger charge is -2.09. The third-order valence-corrected chi connectivity index (χ3v) is 6.48. The number of para-hydroxylation sites is 2. The van der Waals surface area contributed by atoms with E-state index in [1.165, 1.54) is 0 Å². The van der Waals surface area contributed by atoms with Gasteiger partial charge in [-0.1, -0.05) is 40.2 Å². The van der Waals surface area contributed by atoms with Gasteiger partial charge in [-0.15, -0.1) is 0 Å². The number of aromatic nitrogens is 2. The van der Waals surface area contributed by atoms with Crippen LogP contribution in [0, 0.1) is 0 Å². The molecular formula is C22H18BrN3O3S. The zero-order valence-electron chi connectivity index (χ0n) is 15.8.